The molecular formula is C12H16N4S. The summed E-state index contributed by atoms with van der Waals surface area (Å²) in [4.78, 5) is 6.10. The summed E-state index contributed by atoms with van der Waals surface area (Å²) in [5.74, 6) is 0. The predicted octanol–water partition coefficient (Wildman–Crippen LogP) is 1.72. The van der Waals surface area contributed by atoms with E-state index in [4.69, 9.17) is 5.73 Å². The van der Waals surface area contributed by atoms with Gasteiger partial charge in [0.1, 0.15) is 5.01 Å². The molecule has 0 saturated heterocycles. The summed E-state index contributed by atoms with van der Waals surface area (Å²) < 4.78 is 1.81. The molecule has 5 heteroatoms. The van der Waals surface area contributed by atoms with Crippen LogP contribution >= 0.6 is 11.3 Å². The Balaban J connectivity index is 1.95. The van der Waals surface area contributed by atoms with Crippen LogP contribution in [0.1, 0.15) is 39.3 Å². The van der Waals surface area contributed by atoms with Crippen LogP contribution in [0.5, 0.6) is 0 Å². The SMILES string of the molecule is Cc1nn(C)cc1C(N)c1nc2c(s1)CCC2. The summed E-state index contributed by atoms with van der Waals surface area (Å²) in [6, 6.07) is -0.126. The first-order valence-corrected chi connectivity index (χ1v) is 6.71. The Morgan fingerprint density at radius 2 is 2.29 bits per heavy atom. The molecule has 1 aliphatic carbocycles. The molecule has 1 aliphatic rings. The van der Waals surface area contributed by atoms with Crippen molar-refractivity contribution in [3.63, 3.8) is 0 Å². The zero-order chi connectivity index (χ0) is 12.0. The van der Waals surface area contributed by atoms with Crippen LogP contribution in [-0.4, -0.2) is 14.8 Å². The number of aromatic nitrogens is 3. The number of nitrogens with two attached hydrogens (primary N) is 1. The van der Waals surface area contributed by atoms with Gasteiger partial charge < -0.3 is 5.73 Å². The lowest BCUT2D eigenvalue weighted by molar-refractivity contribution is 0.756. The molecule has 0 fully saturated rings. The first-order chi connectivity index (χ1) is 8.15. The van der Waals surface area contributed by atoms with Crippen LogP contribution in [0, 0.1) is 6.92 Å². The minimum atomic E-state index is -0.126. The smallest absolute Gasteiger partial charge is 0.115 e. The molecule has 1 atom stereocenters. The minimum Gasteiger partial charge on any atom is -0.318 e. The predicted molar refractivity (Wildman–Crippen MR) is 68.1 cm³/mol. The van der Waals surface area contributed by atoms with Crippen LogP contribution in [0.15, 0.2) is 6.20 Å². The molecule has 4 nitrogen and oxygen atoms in total. The number of nitrogens with zero attached hydrogens (tertiary/aromatic N) is 3. The van der Waals surface area contributed by atoms with Crippen molar-refractivity contribution < 1.29 is 0 Å². The van der Waals surface area contributed by atoms with E-state index in [0.29, 0.717) is 0 Å². The Hall–Kier alpha value is -1.20. The summed E-state index contributed by atoms with van der Waals surface area (Å²) >= 11 is 1.77. The molecule has 0 saturated carbocycles. The summed E-state index contributed by atoms with van der Waals surface area (Å²) in [5.41, 5.74) is 9.63. The first kappa shape index (κ1) is 10.9. The van der Waals surface area contributed by atoms with E-state index in [9.17, 15) is 0 Å². The molecule has 0 aliphatic heterocycles. The lowest BCUT2D eigenvalue weighted by Gasteiger charge is -2.06. The molecule has 17 heavy (non-hydrogen) atoms. The maximum atomic E-state index is 6.29. The fraction of sp³-hybridized carbons (Fsp3) is 0.500. The van der Waals surface area contributed by atoms with Crippen molar-refractivity contribution in [3.05, 3.63) is 33.0 Å². The third-order valence-electron chi connectivity index (χ3n) is 3.26. The lowest BCUT2D eigenvalue weighted by atomic mass is 10.1. The first-order valence-electron chi connectivity index (χ1n) is 5.89. The van der Waals surface area contributed by atoms with E-state index >= 15 is 0 Å². The van der Waals surface area contributed by atoms with Crippen LogP contribution in [-0.2, 0) is 19.9 Å². The Bertz CT molecular complexity index is 533. The van der Waals surface area contributed by atoms with E-state index in [1.807, 2.05) is 24.9 Å². The Morgan fingerprint density at radius 1 is 1.47 bits per heavy atom. The highest BCUT2D eigenvalue weighted by Crippen LogP contribution is 2.32. The standard InChI is InChI=1S/C12H16N4S/c1-7-8(6-16(2)15-7)11(13)12-14-9-4-3-5-10(9)17-12/h6,11H,3-5,13H2,1-2H3. The third kappa shape index (κ3) is 1.79. The van der Waals surface area contributed by atoms with Gasteiger partial charge in [0.25, 0.3) is 0 Å². The summed E-state index contributed by atoms with van der Waals surface area (Å²) in [5, 5.41) is 5.37. The number of rotatable bonds is 2. The number of hydrogen-bond donors (Lipinski definition) is 1. The van der Waals surface area contributed by atoms with Crippen molar-refractivity contribution in [2.45, 2.75) is 32.2 Å². The highest BCUT2D eigenvalue weighted by molar-refractivity contribution is 7.11. The Labute approximate surface area is 104 Å². The van der Waals surface area contributed by atoms with Crippen LogP contribution < -0.4 is 5.73 Å². The second-order valence-corrected chi connectivity index (χ2v) is 5.71. The molecule has 2 heterocycles. The molecule has 0 radical (unpaired) electrons. The van der Waals surface area contributed by atoms with E-state index in [-0.39, 0.29) is 6.04 Å². The normalized spacial score (nSPS) is 16.2. The zero-order valence-corrected chi connectivity index (χ0v) is 10.9. The van der Waals surface area contributed by atoms with Gasteiger partial charge in [0.15, 0.2) is 0 Å². The van der Waals surface area contributed by atoms with Crippen LogP contribution in [0.25, 0.3) is 0 Å². The molecule has 2 aromatic rings. The highest BCUT2D eigenvalue weighted by atomic mass is 32.1. The second kappa shape index (κ2) is 3.92. The summed E-state index contributed by atoms with van der Waals surface area (Å²) in [6.45, 7) is 2.00. The number of aryl methyl sites for hydroxylation is 4. The van der Waals surface area contributed by atoms with Crippen molar-refractivity contribution >= 4 is 11.3 Å². The van der Waals surface area contributed by atoms with Crippen LogP contribution in [0.2, 0.25) is 0 Å². The van der Waals surface area contributed by atoms with E-state index in [0.717, 1.165) is 22.7 Å². The van der Waals surface area contributed by atoms with E-state index in [2.05, 4.69) is 10.1 Å². The van der Waals surface area contributed by atoms with Gasteiger partial charge in [0.2, 0.25) is 0 Å². The summed E-state index contributed by atoms with van der Waals surface area (Å²) in [7, 11) is 1.92. The molecule has 0 bridgehead atoms. The maximum absolute atomic E-state index is 6.29. The molecule has 3 rings (SSSR count). The van der Waals surface area contributed by atoms with E-state index < -0.39 is 0 Å². The van der Waals surface area contributed by atoms with Gasteiger partial charge >= 0.3 is 0 Å². The van der Waals surface area contributed by atoms with Gasteiger partial charge in [0.05, 0.1) is 17.4 Å². The number of thiazole rings is 1. The average Bonchev–Trinajstić information content (AvgIpc) is 2.90. The number of fused-ring (bicyclic) bond motifs is 1. The van der Waals surface area contributed by atoms with Crippen molar-refractivity contribution in [1.82, 2.24) is 14.8 Å². The molecule has 2 aromatic heterocycles. The molecule has 1 unspecified atom stereocenters. The van der Waals surface area contributed by atoms with Crippen molar-refractivity contribution in [2.24, 2.45) is 12.8 Å². The van der Waals surface area contributed by atoms with Gasteiger partial charge in [-0.1, -0.05) is 0 Å². The molecule has 0 spiro atoms. The fourth-order valence-corrected chi connectivity index (χ4v) is 3.57. The van der Waals surface area contributed by atoms with Crippen molar-refractivity contribution in [2.75, 3.05) is 0 Å². The van der Waals surface area contributed by atoms with Crippen molar-refractivity contribution in [3.8, 4) is 0 Å². The zero-order valence-electron chi connectivity index (χ0n) is 10.1. The molecular weight excluding hydrogens is 232 g/mol. The minimum absolute atomic E-state index is 0.126. The fourth-order valence-electron chi connectivity index (χ4n) is 2.40. The Kier molecular flexibility index (Phi) is 2.52. The quantitative estimate of drug-likeness (QED) is 0.880. The third-order valence-corrected chi connectivity index (χ3v) is 4.51. The van der Waals surface area contributed by atoms with E-state index in [1.165, 1.54) is 23.4 Å². The topological polar surface area (TPSA) is 56.7 Å². The summed E-state index contributed by atoms with van der Waals surface area (Å²) in [6.07, 6.45) is 5.53. The van der Waals surface area contributed by atoms with Crippen LogP contribution in [0.4, 0.5) is 0 Å². The Morgan fingerprint density at radius 3 is 2.94 bits per heavy atom. The molecule has 2 N–H and O–H groups in total. The van der Waals surface area contributed by atoms with Gasteiger partial charge in [-0.15, -0.1) is 11.3 Å². The molecule has 0 amide bonds. The maximum Gasteiger partial charge on any atom is 0.115 e. The average molecular weight is 248 g/mol. The van der Waals surface area contributed by atoms with Gasteiger partial charge in [-0.25, -0.2) is 4.98 Å². The number of hydrogen-bond acceptors (Lipinski definition) is 4. The molecule has 0 aromatic carbocycles. The largest absolute Gasteiger partial charge is 0.318 e. The van der Waals surface area contributed by atoms with Crippen LogP contribution in [0.3, 0.4) is 0 Å². The van der Waals surface area contributed by atoms with Gasteiger partial charge in [-0.2, -0.15) is 5.10 Å². The second-order valence-electron chi connectivity index (χ2n) is 4.60. The lowest BCUT2D eigenvalue weighted by Crippen LogP contribution is -2.12. The highest BCUT2D eigenvalue weighted by Gasteiger charge is 2.22. The molecule has 90 valence electrons. The van der Waals surface area contributed by atoms with Gasteiger partial charge in [-0.05, 0) is 26.2 Å². The van der Waals surface area contributed by atoms with Gasteiger partial charge in [-0.3, -0.25) is 4.68 Å². The monoisotopic (exact) mass is 248 g/mol. The van der Waals surface area contributed by atoms with Crippen molar-refractivity contribution in [1.29, 1.82) is 0 Å². The van der Waals surface area contributed by atoms with Gasteiger partial charge in [0, 0.05) is 23.7 Å². The van der Waals surface area contributed by atoms with E-state index in [1.54, 1.807) is 11.3 Å².